The highest BCUT2D eigenvalue weighted by Gasteiger charge is 2.39. The molecule has 40 heavy (non-hydrogen) atoms. The number of fused-ring (bicyclic) bond motifs is 1. The van der Waals surface area contributed by atoms with Gasteiger partial charge in [-0.3, -0.25) is 14.6 Å². The first-order chi connectivity index (χ1) is 19.2. The molecule has 0 saturated heterocycles. The molecule has 1 aliphatic rings. The van der Waals surface area contributed by atoms with Gasteiger partial charge in [0.15, 0.2) is 11.4 Å². The highest BCUT2D eigenvalue weighted by Crippen LogP contribution is 2.37. The van der Waals surface area contributed by atoms with Crippen molar-refractivity contribution in [3.8, 4) is 22.8 Å². The standard InChI is InChI=1S/C25H20ClF2N7O4S/c1-11-4-12(13-5-18(26)30-8-16(13)38-2)14(6-29-11)23(36)34-22-19-17(40-10-32-19)9-35(22)25(37)15-7-31-20(21(27)28)24(33-15)39-3/h4-8,10,21-22H,9H2,1-3H3,(H,34,36). The summed E-state index contributed by atoms with van der Waals surface area (Å²) < 4.78 is 36.8. The molecule has 0 aromatic carbocycles. The zero-order valence-corrected chi connectivity index (χ0v) is 22.8. The number of carbonyl (C=O) groups excluding carboxylic acids is 2. The second kappa shape index (κ2) is 11.1. The van der Waals surface area contributed by atoms with Crippen molar-refractivity contribution in [1.82, 2.24) is 35.1 Å². The maximum absolute atomic E-state index is 13.7. The van der Waals surface area contributed by atoms with Gasteiger partial charge in [0, 0.05) is 23.0 Å². The molecule has 1 aliphatic heterocycles. The average Bonchev–Trinajstić information content (AvgIpc) is 3.54. The third kappa shape index (κ3) is 5.02. The number of thiazole rings is 1. The molecule has 0 aliphatic carbocycles. The van der Waals surface area contributed by atoms with E-state index in [1.165, 1.54) is 35.7 Å². The topological polar surface area (TPSA) is 132 Å². The summed E-state index contributed by atoms with van der Waals surface area (Å²) in [6.45, 7) is 1.88. The Bertz CT molecular complexity index is 1620. The summed E-state index contributed by atoms with van der Waals surface area (Å²) in [6.07, 6.45) is -0.112. The Kier molecular flexibility index (Phi) is 7.54. The van der Waals surface area contributed by atoms with Crippen molar-refractivity contribution in [3.63, 3.8) is 0 Å². The van der Waals surface area contributed by atoms with Crippen molar-refractivity contribution in [3.05, 3.63) is 74.6 Å². The van der Waals surface area contributed by atoms with E-state index in [-0.39, 0.29) is 23.0 Å². The molecule has 0 fully saturated rings. The highest BCUT2D eigenvalue weighted by molar-refractivity contribution is 7.09. The quantitative estimate of drug-likeness (QED) is 0.313. The molecule has 0 radical (unpaired) electrons. The van der Waals surface area contributed by atoms with E-state index in [9.17, 15) is 18.4 Å². The van der Waals surface area contributed by atoms with Crippen molar-refractivity contribution in [1.29, 1.82) is 0 Å². The molecule has 1 N–H and O–H groups in total. The molecule has 0 bridgehead atoms. The lowest BCUT2D eigenvalue weighted by Crippen LogP contribution is -2.41. The molecule has 0 saturated carbocycles. The Hall–Kier alpha value is -4.30. The third-order valence-electron chi connectivity index (χ3n) is 6.10. The van der Waals surface area contributed by atoms with E-state index in [4.69, 9.17) is 21.1 Å². The Morgan fingerprint density at radius 2 is 1.90 bits per heavy atom. The van der Waals surface area contributed by atoms with Gasteiger partial charge >= 0.3 is 0 Å². The van der Waals surface area contributed by atoms with Crippen LogP contribution in [0.5, 0.6) is 11.6 Å². The molecule has 1 atom stereocenters. The van der Waals surface area contributed by atoms with Crippen LogP contribution < -0.4 is 14.8 Å². The molecule has 15 heteroatoms. The fraction of sp³-hybridized carbons (Fsp3) is 0.240. The predicted octanol–water partition coefficient (Wildman–Crippen LogP) is 4.39. The molecule has 4 aromatic rings. The minimum Gasteiger partial charge on any atom is -0.494 e. The Balaban J connectivity index is 1.50. The minimum atomic E-state index is -2.94. The maximum Gasteiger partial charge on any atom is 0.285 e. The first kappa shape index (κ1) is 27.3. The maximum atomic E-state index is 13.7. The van der Waals surface area contributed by atoms with E-state index in [2.05, 4.69) is 30.2 Å². The van der Waals surface area contributed by atoms with Crippen molar-refractivity contribution in [2.75, 3.05) is 14.2 Å². The second-order valence-corrected chi connectivity index (χ2v) is 9.83. The lowest BCUT2D eigenvalue weighted by Gasteiger charge is -2.26. The summed E-state index contributed by atoms with van der Waals surface area (Å²) in [5.41, 5.74) is 3.00. The number of methoxy groups -OCH3 is 2. The number of pyridine rings is 2. The van der Waals surface area contributed by atoms with Crippen LogP contribution in [0.3, 0.4) is 0 Å². The van der Waals surface area contributed by atoms with E-state index < -0.39 is 36.0 Å². The molecular weight excluding hydrogens is 568 g/mol. The van der Waals surface area contributed by atoms with Crippen molar-refractivity contribution >= 4 is 34.8 Å². The van der Waals surface area contributed by atoms with Crippen LogP contribution in [-0.4, -0.2) is 55.9 Å². The lowest BCUT2D eigenvalue weighted by molar-refractivity contribution is 0.0622. The zero-order valence-electron chi connectivity index (χ0n) is 21.2. The van der Waals surface area contributed by atoms with Crippen LogP contribution in [0.15, 0.2) is 36.2 Å². The Morgan fingerprint density at radius 1 is 1.10 bits per heavy atom. The van der Waals surface area contributed by atoms with Gasteiger partial charge in [0.25, 0.3) is 18.2 Å². The van der Waals surface area contributed by atoms with E-state index in [1.54, 1.807) is 24.6 Å². The molecule has 5 heterocycles. The van der Waals surface area contributed by atoms with Gasteiger partial charge in [-0.15, -0.1) is 11.3 Å². The number of rotatable bonds is 7. The number of aryl methyl sites for hydroxylation is 1. The number of hydrogen-bond acceptors (Lipinski definition) is 10. The van der Waals surface area contributed by atoms with Crippen LogP contribution in [0.4, 0.5) is 8.78 Å². The molecule has 206 valence electrons. The number of aromatic nitrogens is 5. The van der Waals surface area contributed by atoms with Gasteiger partial charge in [0.05, 0.1) is 54.8 Å². The molecule has 2 amide bonds. The lowest BCUT2D eigenvalue weighted by atomic mass is 10.00. The third-order valence-corrected chi connectivity index (χ3v) is 7.14. The van der Waals surface area contributed by atoms with Gasteiger partial charge in [-0.25, -0.2) is 28.7 Å². The van der Waals surface area contributed by atoms with Crippen molar-refractivity contribution in [2.24, 2.45) is 0 Å². The number of hydrogen-bond donors (Lipinski definition) is 1. The smallest absolute Gasteiger partial charge is 0.285 e. The molecule has 4 aromatic heterocycles. The summed E-state index contributed by atoms with van der Waals surface area (Å²) in [6, 6.07) is 3.28. The molecule has 0 spiro atoms. The number of alkyl halides is 2. The van der Waals surface area contributed by atoms with Gasteiger partial charge < -0.3 is 19.7 Å². The fourth-order valence-electron chi connectivity index (χ4n) is 4.24. The first-order valence-electron chi connectivity index (χ1n) is 11.6. The van der Waals surface area contributed by atoms with E-state index in [1.807, 2.05) is 0 Å². The van der Waals surface area contributed by atoms with Gasteiger partial charge in [0.1, 0.15) is 17.1 Å². The van der Waals surface area contributed by atoms with Crippen molar-refractivity contribution < 1.29 is 27.8 Å². The molecule has 11 nitrogen and oxygen atoms in total. The van der Waals surface area contributed by atoms with Crippen molar-refractivity contribution in [2.45, 2.75) is 26.1 Å². The summed E-state index contributed by atoms with van der Waals surface area (Å²) >= 11 is 7.45. The average molecular weight is 588 g/mol. The number of nitrogens with one attached hydrogen (secondary N) is 1. The zero-order chi connectivity index (χ0) is 28.6. The normalized spacial score (nSPS) is 14.3. The summed E-state index contributed by atoms with van der Waals surface area (Å²) in [7, 11) is 2.63. The number of carbonyl (C=O) groups is 2. The van der Waals surface area contributed by atoms with E-state index in [0.29, 0.717) is 28.3 Å². The summed E-state index contributed by atoms with van der Waals surface area (Å²) in [5, 5.41) is 3.06. The number of nitrogens with zero attached hydrogens (tertiary/aromatic N) is 6. The van der Waals surface area contributed by atoms with Gasteiger partial charge in [-0.05, 0) is 19.1 Å². The van der Waals surface area contributed by atoms with Gasteiger partial charge in [-0.1, -0.05) is 11.6 Å². The predicted molar refractivity (Wildman–Crippen MR) is 140 cm³/mol. The fourth-order valence-corrected chi connectivity index (χ4v) is 5.19. The van der Waals surface area contributed by atoms with Crippen LogP contribution in [0.25, 0.3) is 11.1 Å². The van der Waals surface area contributed by atoms with Gasteiger partial charge in [-0.2, -0.15) is 0 Å². The van der Waals surface area contributed by atoms with Crippen LogP contribution in [0, 0.1) is 6.92 Å². The SMILES string of the molecule is COc1cnc(Cl)cc1-c1cc(C)ncc1C(=O)NC1c2ncsc2CN1C(=O)c1cnc(C(F)F)c(OC)n1. The monoisotopic (exact) mass is 587 g/mol. The second-order valence-electron chi connectivity index (χ2n) is 8.50. The van der Waals surface area contributed by atoms with E-state index in [0.717, 1.165) is 18.2 Å². The minimum absolute atomic E-state index is 0.108. The largest absolute Gasteiger partial charge is 0.494 e. The number of ether oxygens (including phenoxy) is 2. The first-order valence-corrected chi connectivity index (χ1v) is 12.9. The molecule has 5 rings (SSSR count). The van der Waals surface area contributed by atoms with E-state index >= 15 is 0 Å². The number of halogens is 3. The van der Waals surface area contributed by atoms with Crippen LogP contribution >= 0.6 is 22.9 Å². The molecular formula is C25H20ClF2N7O4S. The Morgan fingerprint density at radius 3 is 2.62 bits per heavy atom. The molecule has 1 unspecified atom stereocenters. The van der Waals surface area contributed by atoms with Crippen LogP contribution in [0.1, 0.15) is 55.4 Å². The van der Waals surface area contributed by atoms with Crippen LogP contribution in [-0.2, 0) is 6.54 Å². The summed E-state index contributed by atoms with van der Waals surface area (Å²) in [5.74, 6) is -1.29. The van der Waals surface area contributed by atoms with Gasteiger partial charge in [0.2, 0.25) is 5.88 Å². The number of amides is 2. The Labute approximate surface area is 235 Å². The van der Waals surface area contributed by atoms with Crippen LogP contribution in [0.2, 0.25) is 5.15 Å². The summed E-state index contributed by atoms with van der Waals surface area (Å²) in [4.78, 5) is 49.5. The highest BCUT2D eigenvalue weighted by atomic mass is 35.5.